The fraction of sp³-hybridized carbons (Fsp3) is 0.200. The van der Waals surface area contributed by atoms with Gasteiger partial charge in [-0.25, -0.2) is 0 Å². The van der Waals surface area contributed by atoms with E-state index < -0.39 is 0 Å². The molecule has 3 aromatic carbocycles. The number of aromatic nitrogens is 2. The molecular formula is C25H25N3OS2. The van der Waals surface area contributed by atoms with Gasteiger partial charge in [0.25, 0.3) is 0 Å². The van der Waals surface area contributed by atoms with E-state index in [0.717, 1.165) is 32.4 Å². The molecule has 0 saturated heterocycles. The molecule has 0 atom stereocenters. The Hall–Kier alpha value is -2.83. The summed E-state index contributed by atoms with van der Waals surface area (Å²) in [5.41, 5.74) is 3.77. The maximum absolute atomic E-state index is 5.83. The molecule has 4 aromatic rings. The number of hydrogen-bond acceptors (Lipinski definition) is 6. The minimum atomic E-state index is 0.178. The van der Waals surface area contributed by atoms with Crippen LogP contribution in [-0.4, -0.2) is 10.2 Å². The van der Waals surface area contributed by atoms with Gasteiger partial charge in [-0.15, -0.1) is 10.2 Å². The summed E-state index contributed by atoms with van der Waals surface area (Å²) in [6, 6.07) is 26.4. The van der Waals surface area contributed by atoms with Gasteiger partial charge in [0.2, 0.25) is 5.13 Å². The second kappa shape index (κ2) is 9.54. The van der Waals surface area contributed by atoms with Crippen LogP contribution in [0.2, 0.25) is 0 Å². The summed E-state index contributed by atoms with van der Waals surface area (Å²) in [4.78, 5) is 0. The second-order valence-electron chi connectivity index (χ2n) is 8.17. The average Bonchev–Trinajstić information content (AvgIpc) is 3.21. The van der Waals surface area contributed by atoms with Gasteiger partial charge >= 0.3 is 0 Å². The second-order valence-corrected chi connectivity index (χ2v) is 10.4. The molecule has 0 radical (unpaired) electrons. The van der Waals surface area contributed by atoms with Gasteiger partial charge in [0.15, 0.2) is 4.34 Å². The van der Waals surface area contributed by atoms with Crippen LogP contribution in [0.4, 0.5) is 10.8 Å². The lowest BCUT2D eigenvalue weighted by atomic mass is 9.87. The summed E-state index contributed by atoms with van der Waals surface area (Å²) in [5.74, 6) is 2.50. The van der Waals surface area contributed by atoms with Crippen LogP contribution in [0.25, 0.3) is 0 Å². The number of anilines is 2. The lowest BCUT2D eigenvalue weighted by Gasteiger charge is -2.19. The number of thioether (sulfide) groups is 1. The van der Waals surface area contributed by atoms with Crippen molar-refractivity contribution in [2.75, 3.05) is 5.32 Å². The predicted molar refractivity (Wildman–Crippen MR) is 131 cm³/mol. The Morgan fingerprint density at radius 3 is 2.19 bits per heavy atom. The van der Waals surface area contributed by atoms with Gasteiger partial charge in [0.1, 0.15) is 11.5 Å². The van der Waals surface area contributed by atoms with Crippen LogP contribution in [0.1, 0.15) is 31.9 Å². The molecule has 1 aromatic heterocycles. The largest absolute Gasteiger partial charge is 0.457 e. The Labute approximate surface area is 191 Å². The van der Waals surface area contributed by atoms with Crippen molar-refractivity contribution in [1.82, 2.24) is 10.2 Å². The summed E-state index contributed by atoms with van der Waals surface area (Å²) < 4.78 is 6.78. The molecule has 4 nitrogen and oxygen atoms in total. The SMILES string of the molecule is CC(C)(C)c1ccc(CSc2nnc(Nc3ccc(Oc4ccccc4)cc3)s2)cc1. The van der Waals surface area contributed by atoms with Crippen molar-refractivity contribution < 1.29 is 4.74 Å². The van der Waals surface area contributed by atoms with E-state index >= 15 is 0 Å². The highest BCUT2D eigenvalue weighted by Gasteiger charge is 2.13. The molecule has 31 heavy (non-hydrogen) atoms. The number of nitrogens with one attached hydrogen (secondary N) is 1. The molecule has 6 heteroatoms. The van der Waals surface area contributed by atoms with Crippen molar-refractivity contribution in [2.45, 2.75) is 36.3 Å². The third-order valence-corrected chi connectivity index (χ3v) is 6.72. The van der Waals surface area contributed by atoms with Crippen LogP contribution in [0, 0.1) is 0 Å². The van der Waals surface area contributed by atoms with E-state index in [9.17, 15) is 0 Å². The van der Waals surface area contributed by atoms with E-state index in [1.54, 1.807) is 23.1 Å². The van der Waals surface area contributed by atoms with E-state index in [4.69, 9.17) is 4.74 Å². The summed E-state index contributed by atoms with van der Waals surface area (Å²) in [6.07, 6.45) is 0. The van der Waals surface area contributed by atoms with Crippen molar-refractivity contribution in [3.63, 3.8) is 0 Å². The normalized spacial score (nSPS) is 11.3. The topological polar surface area (TPSA) is 47.0 Å². The zero-order valence-corrected chi connectivity index (χ0v) is 19.5. The maximum Gasteiger partial charge on any atom is 0.210 e. The Kier molecular flexibility index (Phi) is 6.59. The zero-order valence-electron chi connectivity index (χ0n) is 17.8. The molecule has 0 saturated carbocycles. The molecular weight excluding hydrogens is 422 g/mol. The summed E-state index contributed by atoms with van der Waals surface area (Å²) >= 11 is 3.27. The molecule has 158 valence electrons. The molecule has 0 amide bonds. The monoisotopic (exact) mass is 447 g/mol. The molecule has 0 unspecified atom stereocenters. The van der Waals surface area contributed by atoms with Crippen molar-refractivity contribution in [3.8, 4) is 11.5 Å². The standard InChI is InChI=1S/C25H25N3OS2/c1-25(2,3)19-11-9-18(10-12-19)17-30-24-28-27-23(31-24)26-20-13-15-22(16-14-20)29-21-7-5-4-6-8-21/h4-16H,17H2,1-3H3,(H,26,27). The number of hydrogen-bond donors (Lipinski definition) is 1. The third-order valence-electron chi connectivity index (χ3n) is 4.67. The first-order chi connectivity index (χ1) is 15.0. The van der Waals surface area contributed by atoms with Gasteiger partial charge in [-0.05, 0) is 52.9 Å². The van der Waals surface area contributed by atoms with Crippen molar-refractivity contribution >= 4 is 33.9 Å². The van der Waals surface area contributed by atoms with Gasteiger partial charge < -0.3 is 10.1 Å². The van der Waals surface area contributed by atoms with Crippen LogP contribution in [0.3, 0.4) is 0 Å². The molecule has 0 aliphatic carbocycles. The molecule has 0 spiro atoms. The van der Waals surface area contributed by atoms with E-state index in [0.29, 0.717) is 0 Å². The minimum Gasteiger partial charge on any atom is -0.457 e. The molecule has 0 aliphatic rings. The fourth-order valence-corrected chi connectivity index (χ4v) is 4.65. The van der Waals surface area contributed by atoms with Crippen LogP contribution < -0.4 is 10.1 Å². The van der Waals surface area contributed by atoms with Gasteiger partial charge in [-0.2, -0.15) is 0 Å². The molecule has 1 heterocycles. The predicted octanol–water partition coefficient (Wildman–Crippen LogP) is 7.66. The zero-order chi connectivity index (χ0) is 21.7. The summed E-state index contributed by atoms with van der Waals surface area (Å²) in [5, 5.41) is 12.7. The van der Waals surface area contributed by atoms with Crippen molar-refractivity contribution in [3.05, 3.63) is 90.0 Å². The Morgan fingerprint density at radius 1 is 0.839 bits per heavy atom. The molecule has 0 fully saturated rings. The van der Waals surface area contributed by atoms with Gasteiger partial charge in [0.05, 0.1) is 0 Å². The maximum atomic E-state index is 5.83. The lowest BCUT2D eigenvalue weighted by molar-refractivity contribution is 0.483. The van der Waals surface area contributed by atoms with E-state index in [1.807, 2.05) is 54.6 Å². The van der Waals surface area contributed by atoms with Crippen molar-refractivity contribution in [2.24, 2.45) is 0 Å². The number of ether oxygens (including phenoxy) is 1. The highest BCUT2D eigenvalue weighted by molar-refractivity contribution is 8.00. The van der Waals surface area contributed by atoms with E-state index in [2.05, 4.69) is 60.6 Å². The Morgan fingerprint density at radius 2 is 1.52 bits per heavy atom. The van der Waals surface area contributed by atoms with E-state index in [-0.39, 0.29) is 5.41 Å². The van der Waals surface area contributed by atoms with Gasteiger partial charge in [-0.1, -0.05) is 86.3 Å². The van der Waals surface area contributed by atoms with Crippen LogP contribution in [-0.2, 0) is 11.2 Å². The number of para-hydroxylation sites is 1. The van der Waals surface area contributed by atoms with Gasteiger partial charge in [0, 0.05) is 11.4 Å². The van der Waals surface area contributed by atoms with E-state index in [1.165, 1.54) is 11.1 Å². The molecule has 0 aliphatic heterocycles. The Bertz CT molecular complexity index is 1100. The first kappa shape index (κ1) is 21.4. The summed E-state index contributed by atoms with van der Waals surface area (Å²) in [7, 11) is 0. The fourth-order valence-electron chi connectivity index (χ4n) is 2.92. The lowest BCUT2D eigenvalue weighted by Crippen LogP contribution is -2.10. The smallest absolute Gasteiger partial charge is 0.210 e. The van der Waals surface area contributed by atoms with Crippen LogP contribution in [0.15, 0.2) is 83.2 Å². The first-order valence-corrected chi connectivity index (χ1v) is 11.9. The third kappa shape index (κ3) is 6.09. The molecule has 4 rings (SSSR count). The number of nitrogens with zero attached hydrogens (tertiary/aromatic N) is 2. The van der Waals surface area contributed by atoms with Crippen LogP contribution in [0.5, 0.6) is 11.5 Å². The van der Waals surface area contributed by atoms with Gasteiger partial charge in [-0.3, -0.25) is 0 Å². The minimum absolute atomic E-state index is 0.178. The molecule has 1 N–H and O–H groups in total. The first-order valence-electron chi connectivity index (χ1n) is 10.1. The number of rotatable bonds is 7. The number of benzene rings is 3. The molecule has 0 bridgehead atoms. The highest BCUT2D eigenvalue weighted by Crippen LogP contribution is 2.31. The van der Waals surface area contributed by atoms with Crippen LogP contribution >= 0.6 is 23.1 Å². The quantitative estimate of drug-likeness (QED) is 0.295. The highest BCUT2D eigenvalue weighted by atomic mass is 32.2. The Balaban J connectivity index is 1.30. The van der Waals surface area contributed by atoms with Crippen molar-refractivity contribution in [1.29, 1.82) is 0 Å². The summed E-state index contributed by atoms with van der Waals surface area (Å²) in [6.45, 7) is 6.70. The average molecular weight is 448 g/mol.